The topological polar surface area (TPSA) is 88.3 Å². The van der Waals surface area contributed by atoms with E-state index in [0.29, 0.717) is 49.1 Å². The number of fused-ring (bicyclic) bond motifs is 1. The Labute approximate surface area is 148 Å². The third-order valence-corrected chi connectivity index (χ3v) is 4.95. The van der Waals surface area contributed by atoms with E-state index in [2.05, 4.69) is 15.5 Å². The zero-order valence-electron chi connectivity index (χ0n) is 13.2. The van der Waals surface area contributed by atoms with Crippen LogP contribution in [0, 0.1) is 6.92 Å². The number of nitrogens with zero attached hydrogens (tertiary/aromatic N) is 3. The Balaban J connectivity index is 1.65. The van der Waals surface area contributed by atoms with Crippen molar-refractivity contribution in [3.05, 3.63) is 28.1 Å². The number of rotatable bonds is 5. The first-order valence-corrected chi connectivity index (χ1v) is 8.99. The van der Waals surface area contributed by atoms with Crippen LogP contribution in [0.25, 0.3) is 0 Å². The standard InChI is InChI=1S/C15H17ClN4O3S/c1-9-7-11(19-23-9)14(22)18-15-17-10-4-6-20(8-12(10)24-15)13(21)3-2-5-16/h7H,2-6,8H2,1H3,(H,17,18,22). The first kappa shape index (κ1) is 16.9. The fourth-order valence-electron chi connectivity index (χ4n) is 2.47. The number of aromatic nitrogens is 2. The fourth-order valence-corrected chi connectivity index (χ4v) is 3.63. The zero-order valence-corrected chi connectivity index (χ0v) is 14.7. The maximum atomic E-state index is 12.1. The van der Waals surface area contributed by atoms with Gasteiger partial charge in [-0.05, 0) is 13.3 Å². The number of carbonyl (C=O) groups excluding carboxylic acids is 2. The Morgan fingerprint density at radius 3 is 3.04 bits per heavy atom. The van der Waals surface area contributed by atoms with E-state index in [1.54, 1.807) is 13.0 Å². The third kappa shape index (κ3) is 3.76. The molecule has 0 spiro atoms. The number of hydrogen-bond donors (Lipinski definition) is 1. The Morgan fingerprint density at radius 2 is 2.33 bits per heavy atom. The van der Waals surface area contributed by atoms with E-state index in [1.165, 1.54) is 11.3 Å². The van der Waals surface area contributed by atoms with Gasteiger partial charge in [0.2, 0.25) is 5.91 Å². The SMILES string of the molecule is Cc1cc(C(=O)Nc2nc3c(s2)CN(C(=O)CCCCl)CC3)no1. The molecular formula is C15H17ClN4O3S. The number of carbonyl (C=O) groups is 2. The quantitative estimate of drug-likeness (QED) is 0.819. The highest BCUT2D eigenvalue weighted by molar-refractivity contribution is 7.15. The van der Waals surface area contributed by atoms with Crippen molar-refractivity contribution in [1.29, 1.82) is 0 Å². The van der Waals surface area contributed by atoms with Gasteiger partial charge in [0.1, 0.15) is 5.76 Å². The summed E-state index contributed by atoms with van der Waals surface area (Å²) in [7, 11) is 0. The van der Waals surface area contributed by atoms with Crippen LogP contribution in [0.5, 0.6) is 0 Å². The number of thiazole rings is 1. The molecule has 1 aliphatic heterocycles. The lowest BCUT2D eigenvalue weighted by Crippen LogP contribution is -2.35. The van der Waals surface area contributed by atoms with Crippen molar-refractivity contribution in [3.8, 4) is 0 Å². The summed E-state index contributed by atoms with van der Waals surface area (Å²) in [5.74, 6) is 0.819. The van der Waals surface area contributed by atoms with Crippen molar-refractivity contribution >= 4 is 39.9 Å². The number of anilines is 1. The van der Waals surface area contributed by atoms with E-state index < -0.39 is 0 Å². The van der Waals surface area contributed by atoms with Crippen LogP contribution in [-0.4, -0.2) is 39.3 Å². The molecule has 24 heavy (non-hydrogen) atoms. The molecule has 9 heteroatoms. The average Bonchev–Trinajstić information content (AvgIpc) is 3.17. The predicted molar refractivity (Wildman–Crippen MR) is 90.4 cm³/mol. The van der Waals surface area contributed by atoms with Gasteiger partial charge in [0.05, 0.1) is 12.2 Å². The van der Waals surface area contributed by atoms with E-state index in [1.807, 2.05) is 4.90 Å². The summed E-state index contributed by atoms with van der Waals surface area (Å²) in [6, 6.07) is 1.57. The lowest BCUT2D eigenvalue weighted by atomic mass is 10.1. The van der Waals surface area contributed by atoms with E-state index in [9.17, 15) is 9.59 Å². The molecule has 2 aromatic heterocycles. The highest BCUT2D eigenvalue weighted by atomic mass is 35.5. The lowest BCUT2D eigenvalue weighted by Gasteiger charge is -2.26. The summed E-state index contributed by atoms with van der Waals surface area (Å²) in [4.78, 5) is 31.5. The smallest absolute Gasteiger partial charge is 0.279 e. The van der Waals surface area contributed by atoms with Crippen molar-refractivity contribution in [1.82, 2.24) is 15.0 Å². The maximum Gasteiger partial charge on any atom is 0.279 e. The number of aryl methyl sites for hydroxylation is 1. The largest absolute Gasteiger partial charge is 0.361 e. The fraction of sp³-hybridized carbons (Fsp3) is 0.467. The molecule has 3 heterocycles. The second kappa shape index (κ2) is 7.31. The van der Waals surface area contributed by atoms with E-state index >= 15 is 0 Å². The van der Waals surface area contributed by atoms with Crippen LogP contribution in [0.15, 0.2) is 10.6 Å². The van der Waals surface area contributed by atoms with Gasteiger partial charge in [0.15, 0.2) is 10.8 Å². The van der Waals surface area contributed by atoms with E-state index in [-0.39, 0.29) is 17.5 Å². The average molecular weight is 369 g/mol. The van der Waals surface area contributed by atoms with Crippen molar-refractivity contribution in [2.45, 2.75) is 32.7 Å². The van der Waals surface area contributed by atoms with Gasteiger partial charge >= 0.3 is 0 Å². The highest BCUT2D eigenvalue weighted by Gasteiger charge is 2.24. The van der Waals surface area contributed by atoms with Crippen LogP contribution in [0.1, 0.15) is 39.7 Å². The van der Waals surface area contributed by atoms with Crippen molar-refractivity contribution in [2.75, 3.05) is 17.7 Å². The molecule has 0 radical (unpaired) electrons. The second-order valence-corrected chi connectivity index (χ2v) is 6.99. The molecule has 0 saturated heterocycles. The Hall–Kier alpha value is -1.93. The monoisotopic (exact) mass is 368 g/mol. The molecule has 3 rings (SSSR count). The van der Waals surface area contributed by atoms with Gasteiger partial charge in [0, 0.05) is 36.2 Å². The van der Waals surface area contributed by atoms with Gasteiger partial charge in [-0.2, -0.15) is 0 Å². The molecule has 0 saturated carbocycles. The van der Waals surface area contributed by atoms with Gasteiger partial charge in [-0.1, -0.05) is 16.5 Å². The summed E-state index contributed by atoms with van der Waals surface area (Å²) in [5, 5.41) is 6.93. The van der Waals surface area contributed by atoms with Crippen LogP contribution >= 0.6 is 22.9 Å². The molecule has 7 nitrogen and oxygen atoms in total. The minimum atomic E-state index is -0.354. The van der Waals surface area contributed by atoms with E-state index in [0.717, 1.165) is 10.6 Å². The first-order chi connectivity index (χ1) is 11.6. The number of hydrogen-bond acceptors (Lipinski definition) is 6. The van der Waals surface area contributed by atoms with Gasteiger partial charge in [-0.15, -0.1) is 11.6 Å². The number of amides is 2. The summed E-state index contributed by atoms with van der Waals surface area (Å²) in [5.41, 5.74) is 1.16. The number of nitrogens with one attached hydrogen (secondary N) is 1. The summed E-state index contributed by atoms with van der Waals surface area (Å²) >= 11 is 7.03. The molecule has 0 fully saturated rings. The Kier molecular flexibility index (Phi) is 5.15. The highest BCUT2D eigenvalue weighted by Crippen LogP contribution is 2.29. The molecule has 0 aromatic carbocycles. The molecule has 0 bridgehead atoms. The summed E-state index contributed by atoms with van der Waals surface area (Å²) in [6.45, 7) is 2.91. The zero-order chi connectivity index (χ0) is 17.1. The van der Waals surface area contributed by atoms with Gasteiger partial charge in [-0.3, -0.25) is 14.9 Å². The third-order valence-electron chi connectivity index (χ3n) is 3.69. The maximum absolute atomic E-state index is 12.1. The van der Waals surface area contributed by atoms with Crippen LogP contribution in [0.3, 0.4) is 0 Å². The predicted octanol–water partition coefficient (Wildman–Crippen LogP) is 2.60. The van der Waals surface area contributed by atoms with Gasteiger partial charge < -0.3 is 9.42 Å². The molecular weight excluding hydrogens is 352 g/mol. The molecule has 0 aliphatic carbocycles. The van der Waals surface area contributed by atoms with Crippen LogP contribution in [-0.2, 0) is 17.8 Å². The van der Waals surface area contributed by atoms with Crippen molar-refractivity contribution in [2.24, 2.45) is 0 Å². The van der Waals surface area contributed by atoms with Crippen molar-refractivity contribution in [3.63, 3.8) is 0 Å². The molecule has 0 atom stereocenters. The van der Waals surface area contributed by atoms with Gasteiger partial charge in [-0.25, -0.2) is 4.98 Å². The lowest BCUT2D eigenvalue weighted by molar-refractivity contribution is -0.132. The number of halogens is 1. The summed E-state index contributed by atoms with van der Waals surface area (Å²) in [6.07, 6.45) is 1.84. The first-order valence-electron chi connectivity index (χ1n) is 7.64. The Morgan fingerprint density at radius 1 is 1.50 bits per heavy atom. The molecule has 1 aliphatic rings. The molecule has 2 amide bonds. The second-order valence-electron chi connectivity index (χ2n) is 5.52. The van der Waals surface area contributed by atoms with E-state index in [4.69, 9.17) is 16.1 Å². The summed E-state index contributed by atoms with van der Waals surface area (Å²) < 4.78 is 4.90. The van der Waals surface area contributed by atoms with Crippen molar-refractivity contribution < 1.29 is 14.1 Å². The van der Waals surface area contributed by atoms with Crippen LogP contribution in [0.2, 0.25) is 0 Å². The number of alkyl halides is 1. The van der Waals surface area contributed by atoms with Gasteiger partial charge in [0.25, 0.3) is 5.91 Å². The van der Waals surface area contributed by atoms with Crippen LogP contribution < -0.4 is 5.32 Å². The molecule has 128 valence electrons. The molecule has 0 unspecified atom stereocenters. The molecule has 1 N–H and O–H groups in total. The minimum Gasteiger partial charge on any atom is -0.361 e. The van der Waals surface area contributed by atoms with Crippen LogP contribution in [0.4, 0.5) is 5.13 Å². The molecule has 2 aromatic rings. The normalized spacial score (nSPS) is 13.7. The Bertz CT molecular complexity index is 758. The minimum absolute atomic E-state index is 0.110.